The Balaban J connectivity index is 1.36. The molecular weight excluding hydrogens is 484 g/mol. The summed E-state index contributed by atoms with van der Waals surface area (Å²) in [6.07, 6.45) is 6.74. The highest BCUT2D eigenvalue weighted by atomic mass is 32.2. The molecular formula is C25H28N4O4S2. The highest BCUT2D eigenvalue weighted by molar-refractivity contribution is 8.01. The number of rotatable bonds is 7. The van der Waals surface area contributed by atoms with Gasteiger partial charge in [0.05, 0.1) is 35.2 Å². The van der Waals surface area contributed by atoms with Gasteiger partial charge in [0.1, 0.15) is 5.75 Å². The molecule has 3 heterocycles. The van der Waals surface area contributed by atoms with Gasteiger partial charge >= 0.3 is 0 Å². The summed E-state index contributed by atoms with van der Waals surface area (Å²) in [7, 11) is 1.58. The molecule has 10 heteroatoms. The third-order valence-electron chi connectivity index (χ3n) is 6.80. The molecule has 2 aliphatic heterocycles. The number of aromatic nitrogens is 1. The Morgan fingerprint density at radius 3 is 2.54 bits per heavy atom. The van der Waals surface area contributed by atoms with E-state index in [-0.39, 0.29) is 35.7 Å². The van der Waals surface area contributed by atoms with E-state index in [1.54, 1.807) is 18.2 Å². The second kappa shape index (κ2) is 9.66. The lowest BCUT2D eigenvalue weighted by Gasteiger charge is -2.41. The predicted octanol–water partition coefficient (Wildman–Crippen LogP) is 3.96. The number of benzene rings is 1. The number of hydrogen-bond acceptors (Lipinski definition) is 7. The highest BCUT2D eigenvalue weighted by Crippen LogP contribution is 2.40. The Hall–Kier alpha value is -2.85. The number of amides is 3. The van der Waals surface area contributed by atoms with Gasteiger partial charge in [-0.1, -0.05) is 29.7 Å². The lowest BCUT2D eigenvalue weighted by molar-refractivity contribution is -0.128. The van der Waals surface area contributed by atoms with Crippen LogP contribution >= 0.6 is 23.1 Å². The van der Waals surface area contributed by atoms with Crippen molar-refractivity contribution in [3.05, 3.63) is 42.1 Å². The van der Waals surface area contributed by atoms with E-state index in [1.165, 1.54) is 29.2 Å². The summed E-state index contributed by atoms with van der Waals surface area (Å²) in [5, 5.41) is 3.48. The molecule has 2 bridgehead atoms. The molecule has 0 spiro atoms. The van der Waals surface area contributed by atoms with Gasteiger partial charge in [-0.05, 0) is 56.4 Å². The van der Waals surface area contributed by atoms with E-state index in [4.69, 9.17) is 4.74 Å². The number of carbonyl (C=O) groups excluding carboxylic acids is 3. The first-order valence-electron chi connectivity index (χ1n) is 11.7. The first-order valence-corrected chi connectivity index (χ1v) is 13.4. The summed E-state index contributed by atoms with van der Waals surface area (Å²) in [5.41, 5.74) is 1.51. The van der Waals surface area contributed by atoms with Crippen LogP contribution < -0.4 is 10.1 Å². The van der Waals surface area contributed by atoms with Crippen molar-refractivity contribution in [1.29, 1.82) is 0 Å². The lowest BCUT2D eigenvalue weighted by atomic mass is 10.1. The van der Waals surface area contributed by atoms with Crippen molar-refractivity contribution in [2.24, 2.45) is 5.92 Å². The predicted molar refractivity (Wildman–Crippen MR) is 135 cm³/mol. The minimum Gasteiger partial charge on any atom is -0.496 e. The molecule has 35 heavy (non-hydrogen) atoms. The van der Waals surface area contributed by atoms with E-state index in [0.29, 0.717) is 29.5 Å². The van der Waals surface area contributed by atoms with Crippen LogP contribution in [0.1, 0.15) is 41.6 Å². The first kappa shape index (κ1) is 23.9. The second-order valence-electron chi connectivity index (χ2n) is 9.21. The standard InChI is InChI=1S/C25H28N4O4S2/c1-4-21(30)28-12-16-7-8-17(13-28)29(16)24(32)18-10-20(14(2)9-19(18)33-3)34-22-11-26-25(35-22)27-23(31)15-5-6-15/h4,9-11,15-17H,1,5-8,12-13H2,2-3H3,(H,26,27,31)/t16-,17+. The Kier molecular flexibility index (Phi) is 6.59. The van der Waals surface area contributed by atoms with Gasteiger partial charge in [-0.3, -0.25) is 14.4 Å². The van der Waals surface area contributed by atoms with Crippen LogP contribution in [-0.4, -0.2) is 64.8 Å². The van der Waals surface area contributed by atoms with Gasteiger partial charge < -0.3 is 19.9 Å². The number of hydrogen-bond donors (Lipinski definition) is 1. The van der Waals surface area contributed by atoms with Crippen LogP contribution in [0.25, 0.3) is 0 Å². The molecule has 0 radical (unpaired) electrons. The number of fused-ring (bicyclic) bond motifs is 2. The molecule has 0 unspecified atom stereocenters. The number of thiazole rings is 1. The van der Waals surface area contributed by atoms with Gasteiger partial charge in [-0.25, -0.2) is 4.98 Å². The summed E-state index contributed by atoms with van der Waals surface area (Å²) < 4.78 is 6.53. The molecule has 1 N–H and O–H groups in total. The van der Waals surface area contributed by atoms with Crippen molar-refractivity contribution < 1.29 is 19.1 Å². The Morgan fingerprint density at radius 1 is 1.20 bits per heavy atom. The van der Waals surface area contributed by atoms with Gasteiger partial charge in [0.15, 0.2) is 5.13 Å². The van der Waals surface area contributed by atoms with Gasteiger partial charge in [0, 0.05) is 23.9 Å². The molecule has 2 atom stereocenters. The monoisotopic (exact) mass is 512 g/mol. The first-order chi connectivity index (χ1) is 16.9. The largest absolute Gasteiger partial charge is 0.496 e. The summed E-state index contributed by atoms with van der Waals surface area (Å²) in [6.45, 7) is 6.63. The van der Waals surface area contributed by atoms with Crippen molar-refractivity contribution in [3.8, 4) is 5.75 Å². The summed E-state index contributed by atoms with van der Waals surface area (Å²) in [4.78, 5) is 46.9. The Labute approximate surface area is 212 Å². The minimum absolute atomic E-state index is 0.00797. The summed E-state index contributed by atoms with van der Waals surface area (Å²) in [5.74, 6) is 0.553. The van der Waals surface area contributed by atoms with Crippen LogP contribution in [0, 0.1) is 12.8 Å². The van der Waals surface area contributed by atoms with E-state index in [1.807, 2.05) is 24.0 Å². The Morgan fingerprint density at radius 2 is 1.91 bits per heavy atom. The van der Waals surface area contributed by atoms with E-state index in [2.05, 4.69) is 16.9 Å². The molecule has 1 saturated carbocycles. The van der Waals surface area contributed by atoms with E-state index in [0.717, 1.165) is 40.4 Å². The number of aryl methyl sites for hydroxylation is 1. The summed E-state index contributed by atoms with van der Waals surface area (Å²) >= 11 is 2.95. The van der Waals surface area contributed by atoms with Crippen LogP contribution in [0.5, 0.6) is 5.75 Å². The number of nitrogens with zero attached hydrogens (tertiary/aromatic N) is 3. The van der Waals surface area contributed by atoms with Crippen LogP contribution in [0.2, 0.25) is 0 Å². The third kappa shape index (κ3) is 4.81. The maximum atomic E-state index is 13.8. The lowest BCUT2D eigenvalue weighted by Crippen LogP contribution is -2.56. The van der Waals surface area contributed by atoms with Crippen molar-refractivity contribution in [3.63, 3.8) is 0 Å². The fourth-order valence-corrected chi connectivity index (χ4v) is 6.76. The van der Waals surface area contributed by atoms with E-state index < -0.39 is 0 Å². The summed E-state index contributed by atoms with van der Waals surface area (Å²) in [6, 6.07) is 3.77. The minimum atomic E-state index is -0.0853. The molecule has 1 aromatic heterocycles. The second-order valence-corrected chi connectivity index (χ2v) is 11.6. The van der Waals surface area contributed by atoms with Crippen molar-refractivity contribution >= 4 is 46.0 Å². The molecule has 3 amide bonds. The van der Waals surface area contributed by atoms with Crippen molar-refractivity contribution in [2.75, 3.05) is 25.5 Å². The topological polar surface area (TPSA) is 91.8 Å². The third-order valence-corrected chi connectivity index (χ3v) is 8.98. The molecule has 2 aromatic rings. The quantitative estimate of drug-likeness (QED) is 0.565. The average Bonchev–Trinajstić information content (AvgIpc) is 3.57. The Bertz CT molecular complexity index is 1180. The zero-order chi connectivity index (χ0) is 24.7. The van der Waals surface area contributed by atoms with Gasteiger partial charge in [0.25, 0.3) is 5.91 Å². The molecule has 2 saturated heterocycles. The normalized spacial score (nSPS) is 21.1. The maximum absolute atomic E-state index is 13.8. The number of methoxy groups -OCH3 is 1. The fraction of sp³-hybridized carbons (Fsp3) is 0.440. The number of piperazine rings is 1. The van der Waals surface area contributed by atoms with Crippen LogP contribution in [0.15, 0.2) is 40.1 Å². The zero-order valence-corrected chi connectivity index (χ0v) is 21.4. The van der Waals surface area contributed by atoms with Crippen LogP contribution in [0.3, 0.4) is 0 Å². The molecule has 1 aromatic carbocycles. The average molecular weight is 513 g/mol. The number of likely N-dealkylation sites (tertiary alicyclic amines) is 1. The molecule has 3 fully saturated rings. The molecule has 1 aliphatic carbocycles. The zero-order valence-electron chi connectivity index (χ0n) is 19.8. The molecule has 184 valence electrons. The van der Waals surface area contributed by atoms with Gasteiger partial charge in [0.2, 0.25) is 11.8 Å². The van der Waals surface area contributed by atoms with E-state index in [9.17, 15) is 14.4 Å². The van der Waals surface area contributed by atoms with Crippen molar-refractivity contribution in [2.45, 2.75) is 53.8 Å². The number of carbonyl (C=O) groups is 3. The number of ether oxygens (including phenoxy) is 1. The van der Waals surface area contributed by atoms with E-state index >= 15 is 0 Å². The van der Waals surface area contributed by atoms with Gasteiger partial charge in [-0.15, -0.1) is 0 Å². The van der Waals surface area contributed by atoms with Crippen LogP contribution in [-0.2, 0) is 9.59 Å². The van der Waals surface area contributed by atoms with Crippen molar-refractivity contribution in [1.82, 2.24) is 14.8 Å². The maximum Gasteiger partial charge on any atom is 0.258 e. The van der Waals surface area contributed by atoms with Gasteiger partial charge in [-0.2, -0.15) is 0 Å². The molecule has 3 aliphatic rings. The van der Waals surface area contributed by atoms with Crippen LogP contribution in [0.4, 0.5) is 5.13 Å². The number of anilines is 1. The molecule has 5 rings (SSSR count). The molecule has 8 nitrogen and oxygen atoms in total. The smallest absolute Gasteiger partial charge is 0.258 e. The fourth-order valence-electron chi connectivity index (χ4n) is 4.82. The SMILES string of the molecule is C=CC(=O)N1C[C@H]2CC[C@@H](C1)N2C(=O)c1cc(Sc2cnc(NC(=O)C3CC3)s2)c(C)cc1OC. The highest BCUT2D eigenvalue weighted by Gasteiger charge is 2.44. The number of nitrogens with one attached hydrogen (secondary N) is 1.